The summed E-state index contributed by atoms with van der Waals surface area (Å²) in [7, 11) is 4.33. The van der Waals surface area contributed by atoms with Gasteiger partial charge >= 0.3 is 5.97 Å². The van der Waals surface area contributed by atoms with Gasteiger partial charge in [-0.15, -0.1) is 0 Å². The average Bonchev–Trinajstić information content (AvgIpc) is 2.72. The van der Waals surface area contributed by atoms with E-state index in [1.807, 2.05) is 24.3 Å². The Balaban J connectivity index is 2.11. The van der Waals surface area contributed by atoms with Gasteiger partial charge in [-0.3, -0.25) is 4.79 Å². The first kappa shape index (κ1) is 21.1. The summed E-state index contributed by atoms with van der Waals surface area (Å²) in [6.45, 7) is 3.55. The van der Waals surface area contributed by atoms with Gasteiger partial charge in [0.25, 0.3) is 5.91 Å². The molecule has 0 aliphatic rings. The second kappa shape index (κ2) is 9.64. The number of hydrogen-bond acceptors (Lipinski definition) is 6. The maximum Gasteiger partial charge on any atom is 0.342 e. The third kappa shape index (κ3) is 4.73. The molecule has 2 rings (SSSR count). The van der Waals surface area contributed by atoms with Crippen LogP contribution in [-0.4, -0.2) is 39.3 Å². The highest BCUT2D eigenvalue weighted by Gasteiger charge is 2.25. The number of amides is 1. The average molecular weight is 387 g/mol. The van der Waals surface area contributed by atoms with E-state index in [4.69, 9.17) is 18.9 Å². The first-order valence-electron chi connectivity index (χ1n) is 8.84. The lowest BCUT2D eigenvalue weighted by Crippen LogP contribution is -2.30. The van der Waals surface area contributed by atoms with E-state index in [-0.39, 0.29) is 17.1 Å². The summed E-state index contributed by atoms with van der Waals surface area (Å²) >= 11 is 0. The van der Waals surface area contributed by atoms with Crippen molar-refractivity contribution in [1.29, 1.82) is 0 Å². The highest BCUT2D eigenvalue weighted by atomic mass is 16.6. The van der Waals surface area contributed by atoms with Crippen molar-refractivity contribution in [2.75, 3.05) is 26.6 Å². The van der Waals surface area contributed by atoms with Crippen LogP contribution in [0.15, 0.2) is 36.4 Å². The van der Waals surface area contributed by atoms with Crippen molar-refractivity contribution < 1.29 is 28.5 Å². The molecule has 1 atom stereocenters. The van der Waals surface area contributed by atoms with Crippen LogP contribution in [0.2, 0.25) is 0 Å². The molecule has 0 heterocycles. The molecule has 1 amide bonds. The number of methoxy groups -OCH3 is 3. The van der Waals surface area contributed by atoms with Crippen LogP contribution >= 0.6 is 0 Å². The predicted octanol–water partition coefficient (Wildman–Crippen LogP) is 3.46. The van der Waals surface area contributed by atoms with Gasteiger partial charge in [0.15, 0.2) is 17.6 Å². The minimum Gasteiger partial charge on any atom is -0.493 e. The quantitative estimate of drug-likeness (QED) is 0.699. The summed E-state index contributed by atoms with van der Waals surface area (Å²) in [5.74, 6) is -0.279. The Morgan fingerprint density at radius 3 is 2.11 bits per heavy atom. The van der Waals surface area contributed by atoms with Gasteiger partial charge in [-0.25, -0.2) is 4.79 Å². The zero-order chi connectivity index (χ0) is 20.7. The zero-order valence-corrected chi connectivity index (χ0v) is 16.7. The Labute approximate surface area is 164 Å². The SMILES string of the molecule is CCc1ccc(NC(=O)[C@H](C)OC(=O)c2ccc(OC)c(OC)c2OC)cc1. The molecule has 0 saturated heterocycles. The summed E-state index contributed by atoms with van der Waals surface area (Å²) in [6.07, 6.45) is -0.0915. The molecule has 7 heteroatoms. The van der Waals surface area contributed by atoms with E-state index in [1.54, 1.807) is 6.07 Å². The van der Waals surface area contributed by atoms with Gasteiger partial charge in [-0.2, -0.15) is 0 Å². The van der Waals surface area contributed by atoms with Crippen LogP contribution < -0.4 is 19.5 Å². The van der Waals surface area contributed by atoms with Crippen molar-refractivity contribution in [3.05, 3.63) is 47.5 Å². The normalized spacial score (nSPS) is 11.3. The molecular formula is C21H25NO6. The number of carbonyl (C=O) groups is 2. The maximum atomic E-state index is 12.6. The number of aryl methyl sites for hydroxylation is 1. The summed E-state index contributed by atoms with van der Waals surface area (Å²) in [5.41, 5.74) is 1.93. The molecule has 2 aromatic carbocycles. The van der Waals surface area contributed by atoms with Crippen molar-refractivity contribution in [2.45, 2.75) is 26.4 Å². The summed E-state index contributed by atoms with van der Waals surface area (Å²) in [4.78, 5) is 24.9. The van der Waals surface area contributed by atoms with Crippen LogP contribution in [0.1, 0.15) is 29.8 Å². The highest BCUT2D eigenvalue weighted by molar-refractivity contribution is 5.99. The Morgan fingerprint density at radius 1 is 0.929 bits per heavy atom. The summed E-state index contributed by atoms with van der Waals surface area (Å²) < 4.78 is 21.0. The molecule has 0 aliphatic carbocycles. The maximum absolute atomic E-state index is 12.6. The first-order valence-corrected chi connectivity index (χ1v) is 8.84. The first-order chi connectivity index (χ1) is 13.4. The van der Waals surface area contributed by atoms with E-state index in [1.165, 1.54) is 34.3 Å². The molecule has 0 unspecified atom stereocenters. The topological polar surface area (TPSA) is 83.1 Å². The van der Waals surface area contributed by atoms with E-state index >= 15 is 0 Å². The van der Waals surface area contributed by atoms with Crippen LogP contribution in [0.25, 0.3) is 0 Å². The Morgan fingerprint density at radius 2 is 1.57 bits per heavy atom. The van der Waals surface area contributed by atoms with Gasteiger partial charge in [-0.05, 0) is 43.2 Å². The van der Waals surface area contributed by atoms with Gasteiger partial charge < -0.3 is 24.3 Å². The third-order valence-electron chi connectivity index (χ3n) is 4.21. The molecule has 0 spiro atoms. The minimum absolute atomic E-state index is 0.132. The number of anilines is 1. The van der Waals surface area contributed by atoms with Crippen molar-refractivity contribution in [3.8, 4) is 17.2 Å². The largest absolute Gasteiger partial charge is 0.493 e. The number of esters is 1. The molecule has 0 radical (unpaired) electrons. The van der Waals surface area contributed by atoms with Crippen LogP contribution in [0.3, 0.4) is 0 Å². The standard InChI is InChI=1S/C21H25NO6/c1-6-14-7-9-15(10-8-14)22-20(23)13(2)28-21(24)16-11-12-17(25-3)19(27-5)18(16)26-4/h7-13H,6H2,1-5H3,(H,22,23)/t13-/m0/s1. The fraction of sp³-hybridized carbons (Fsp3) is 0.333. The second-order valence-corrected chi connectivity index (χ2v) is 5.97. The van der Waals surface area contributed by atoms with Gasteiger partial charge in [0, 0.05) is 5.69 Å². The molecule has 0 fully saturated rings. The Bertz CT molecular complexity index is 832. The number of ether oxygens (including phenoxy) is 4. The number of rotatable bonds is 8. The van der Waals surface area contributed by atoms with Crippen LogP contribution in [0.4, 0.5) is 5.69 Å². The number of nitrogens with one attached hydrogen (secondary N) is 1. The molecule has 0 aromatic heterocycles. The summed E-state index contributed by atoms with van der Waals surface area (Å²) in [5, 5.41) is 2.73. The fourth-order valence-corrected chi connectivity index (χ4v) is 2.61. The molecule has 0 saturated carbocycles. The fourth-order valence-electron chi connectivity index (χ4n) is 2.61. The smallest absolute Gasteiger partial charge is 0.342 e. The molecule has 0 bridgehead atoms. The molecule has 28 heavy (non-hydrogen) atoms. The van der Waals surface area contributed by atoms with E-state index in [9.17, 15) is 9.59 Å². The van der Waals surface area contributed by atoms with E-state index in [0.717, 1.165) is 12.0 Å². The minimum atomic E-state index is -1.00. The highest BCUT2D eigenvalue weighted by Crippen LogP contribution is 2.40. The lowest BCUT2D eigenvalue weighted by Gasteiger charge is -2.17. The van der Waals surface area contributed by atoms with Gasteiger partial charge in [0.1, 0.15) is 5.56 Å². The predicted molar refractivity (Wildman–Crippen MR) is 105 cm³/mol. The molecule has 0 aliphatic heterocycles. The molecular weight excluding hydrogens is 362 g/mol. The van der Waals surface area contributed by atoms with Gasteiger partial charge in [-0.1, -0.05) is 19.1 Å². The number of carbonyl (C=O) groups excluding carboxylic acids is 2. The Hall–Kier alpha value is -3.22. The molecule has 2 aromatic rings. The van der Waals surface area contributed by atoms with E-state index in [0.29, 0.717) is 11.4 Å². The number of benzene rings is 2. The Kier molecular flexibility index (Phi) is 7.26. The number of hydrogen-bond donors (Lipinski definition) is 1. The van der Waals surface area contributed by atoms with Crippen molar-refractivity contribution in [1.82, 2.24) is 0 Å². The van der Waals surface area contributed by atoms with E-state index in [2.05, 4.69) is 12.2 Å². The van der Waals surface area contributed by atoms with Crippen LogP contribution in [-0.2, 0) is 16.0 Å². The van der Waals surface area contributed by atoms with E-state index < -0.39 is 18.0 Å². The van der Waals surface area contributed by atoms with Crippen molar-refractivity contribution >= 4 is 17.6 Å². The van der Waals surface area contributed by atoms with Crippen molar-refractivity contribution in [3.63, 3.8) is 0 Å². The van der Waals surface area contributed by atoms with Crippen LogP contribution in [0.5, 0.6) is 17.2 Å². The lowest BCUT2D eigenvalue weighted by atomic mass is 10.1. The van der Waals surface area contributed by atoms with Crippen LogP contribution in [0, 0.1) is 0 Å². The van der Waals surface area contributed by atoms with Gasteiger partial charge in [0.05, 0.1) is 21.3 Å². The van der Waals surface area contributed by atoms with Gasteiger partial charge in [0.2, 0.25) is 5.75 Å². The lowest BCUT2D eigenvalue weighted by molar-refractivity contribution is -0.123. The zero-order valence-electron chi connectivity index (χ0n) is 16.7. The van der Waals surface area contributed by atoms with Crippen molar-refractivity contribution in [2.24, 2.45) is 0 Å². The third-order valence-corrected chi connectivity index (χ3v) is 4.21. The molecule has 7 nitrogen and oxygen atoms in total. The summed E-state index contributed by atoms with van der Waals surface area (Å²) in [6, 6.07) is 10.5. The monoisotopic (exact) mass is 387 g/mol. The molecule has 1 N–H and O–H groups in total. The molecule has 150 valence electrons. The second-order valence-electron chi connectivity index (χ2n) is 5.97.